The van der Waals surface area contributed by atoms with Crippen LogP contribution in [0.15, 0.2) is 18.2 Å². The maximum absolute atomic E-state index is 13.0. The highest BCUT2D eigenvalue weighted by molar-refractivity contribution is 6.30. The summed E-state index contributed by atoms with van der Waals surface area (Å²) >= 11 is 5.46. The lowest BCUT2D eigenvalue weighted by molar-refractivity contribution is 0.0947. The molecule has 0 radical (unpaired) electrons. The zero-order valence-corrected chi connectivity index (χ0v) is 8.68. The molecule has 1 aromatic rings. The molecule has 15 heavy (non-hydrogen) atoms. The molecule has 0 heterocycles. The number of hydrogen-bond acceptors (Lipinski definition) is 2. The minimum atomic E-state index is -0.658. The summed E-state index contributed by atoms with van der Waals surface area (Å²) in [5.41, 5.74) is 0.138. The van der Waals surface area contributed by atoms with Gasteiger partial charge in [0.25, 0.3) is 5.91 Å². The van der Waals surface area contributed by atoms with Gasteiger partial charge in [-0.2, -0.15) is 5.26 Å². The number of rotatable bonds is 2. The van der Waals surface area contributed by atoms with Crippen molar-refractivity contribution in [2.45, 2.75) is 13.0 Å². The van der Waals surface area contributed by atoms with Crippen LogP contribution in [-0.4, -0.2) is 11.9 Å². The van der Waals surface area contributed by atoms with Crippen molar-refractivity contribution in [3.05, 3.63) is 34.6 Å². The molecule has 0 fully saturated rings. The Bertz CT molecular complexity index is 428. The van der Waals surface area contributed by atoms with E-state index in [1.54, 1.807) is 0 Å². The van der Waals surface area contributed by atoms with E-state index in [2.05, 4.69) is 5.32 Å². The molecule has 0 saturated carbocycles. The van der Waals surface area contributed by atoms with E-state index in [-0.39, 0.29) is 10.6 Å². The number of halogens is 2. The van der Waals surface area contributed by atoms with Crippen molar-refractivity contribution in [3.8, 4) is 6.07 Å². The summed E-state index contributed by atoms with van der Waals surface area (Å²) in [6.45, 7) is 1.53. The topological polar surface area (TPSA) is 52.9 Å². The van der Waals surface area contributed by atoms with E-state index in [0.29, 0.717) is 0 Å². The minimum Gasteiger partial charge on any atom is -0.337 e. The van der Waals surface area contributed by atoms with Crippen LogP contribution in [0.25, 0.3) is 0 Å². The van der Waals surface area contributed by atoms with Gasteiger partial charge in [-0.3, -0.25) is 4.79 Å². The van der Waals surface area contributed by atoms with Crippen LogP contribution in [0.3, 0.4) is 0 Å². The molecule has 78 valence electrons. The predicted molar refractivity (Wildman–Crippen MR) is 54.0 cm³/mol. The molecule has 0 saturated heterocycles. The number of nitrogens with zero attached hydrogens (tertiary/aromatic N) is 1. The average Bonchev–Trinajstić information content (AvgIpc) is 2.21. The smallest absolute Gasteiger partial charge is 0.252 e. The first kappa shape index (κ1) is 11.5. The fourth-order valence-corrected chi connectivity index (χ4v) is 1.07. The Morgan fingerprint density at radius 1 is 1.67 bits per heavy atom. The van der Waals surface area contributed by atoms with Crippen LogP contribution in [0.2, 0.25) is 5.02 Å². The Balaban J connectivity index is 2.84. The largest absolute Gasteiger partial charge is 0.337 e. The van der Waals surface area contributed by atoms with E-state index in [0.717, 1.165) is 6.07 Å². The molecule has 1 unspecified atom stereocenters. The third-order valence-corrected chi connectivity index (χ3v) is 2.03. The van der Waals surface area contributed by atoms with Crippen LogP contribution < -0.4 is 5.32 Å². The highest BCUT2D eigenvalue weighted by atomic mass is 35.5. The van der Waals surface area contributed by atoms with Crippen molar-refractivity contribution in [1.29, 1.82) is 5.26 Å². The molecule has 1 aromatic carbocycles. The second-order valence-electron chi connectivity index (χ2n) is 2.95. The number of benzene rings is 1. The molecule has 0 aliphatic carbocycles. The predicted octanol–water partition coefficient (Wildman–Crippen LogP) is 2.12. The second kappa shape index (κ2) is 4.76. The fraction of sp³-hybridized carbons (Fsp3) is 0.200. The molecule has 0 aliphatic rings. The quantitative estimate of drug-likeness (QED) is 0.840. The number of nitrogens with one attached hydrogen (secondary N) is 1. The number of carbonyl (C=O) groups is 1. The van der Waals surface area contributed by atoms with Crippen molar-refractivity contribution in [2.24, 2.45) is 0 Å². The average molecular weight is 227 g/mol. The standard InChI is InChI=1S/C10H8ClFN2O/c1-6(5-13)14-10(15)7-2-3-8(11)9(12)4-7/h2-4,6H,1H3,(H,14,15). The van der Waals surface area contributed by atoms with E-state index >= 15 is 0 Å². The van der Waals surface area contributed by atoms with Crippen LogP contribution in [0.5, 0.6) is 0 Å². The number of carbonyl (C=O) groups excluding carboxylic acids is 1. The van der Waals surface area contributed by atoms with E-state index in [1.807, 2.05) is 6.07 Å². The molecular formula is C10H8ClFN2O. The summed E-state index contributed by atoms with van der Waals surface area (Å²) in [6.07, 6.45) is 0. The monoisotopic (exact) mass is 226 g/mol. The van der Waals surface area contributed by atoms with Gasteiger partial charge in [0.05, 0.1) is 11.1 Å². The van der Waals surface area contributed by atoms with E-state index in [9.17, 15) is 9.18 Å². The lowest BCUT2D eigenvalue weighted by Gasteiger charge is -2.06. The third kappa shape index (κ3) is 2.93. The maximum atomic E-state index is 13.0. The van der Waals surface area contributed by atoms with Gasteiger partial charge in [0, 0.05) is 5.56 Å². The summed E-state index contributed by atoms with van der Waals surface area (Å²) in [5.74, 6) is -1.16. The van der Waals surface area contributed by atoms with Crippen LogP contribution >= 0.6 is 11.6 Å². The fourth-order valence-electron chi connectivity index (χ4n) is 0.950. The molecule has 5 heteroatoms. The Morgan fingerprint density at radius 3 is 2.87 bits per heavy atom. The van der Waals surface area contributed by atoms with E-state index in [1.165, 1.54) is 19.1 Å². The van der Waals surface area contributed by atoms with Crippen molar-refractivity contribution in [3.63, 3.8) is 0 Å². The Kier molecular flexibility index (Phi) is 3.64. The van der Waals surface area contributed by atoms with Gasteiger partial charge in [-0.05, 0) is 25.1 Å². The van der Waals surface area contributed by atoms with Crippen LogP contribution in [-0.2, 0) is 0 Å². The maximum Gasteiger partial charge on any atom is 0.252 e. The van der Waals surface area contributed by atoms with E-state index in [4.69, 9.17) is 16.9 Å². The highest BCUT2D eigenvalue weighted by Crippen LogP contribution is 2.15. The van der Waals surface area contributed by atoms with Gasteiger partial charge in [0.1, 0.15) is 11.9 Å². The van der Waals surface area contributed by atoms with Gasteiger partial charge < -0.3 is 5.32 Å². The zero-order valence-electron chi connectivity index (χ0n) is 7.92. The van der Waals surface area contributed by atoms with Gasteiger partial charge in [-0.15, -0.1) is 0 Å². The molecule has 0 bridgehead atoms. The summed E-state index contributed by atoms with van der Waals surface area (Å²) in [7, 11) is 0. The second-order valence-corrected chi connectivity index (χ2v) is 3.36. The first-order valence-electron chi connectivity index (χ1n) is 4.20. The van der Waals surface area contributed by atoms with Crippen molar-refractivity contribution >= 4 is 17.5 Å². The molecule has 0 aromatic heterocycles. The van der Waals surface area contributed by atoms with Crippen molar-refractivity contribution in [1.82, 2.24) is 5.32 Å². The lowest BCUT2D eigenvalue weighted by atomic mass is 10.2. The number of hydrogen-bond donors (Lipinski definition) is 1. The Hall–Kier alpha value is -1.60. The minimum absolute atomic E-state index is 0.0418. The highest BCUT2D eigenvalue weighted by Gasteiger charge is 2.10. The van der Waals surface area contributed by atoms with Crippen molar-refractivity contribution < 1.29 is 9.18 Å². The molecular weight excluding hydrogens is 219 g/mol. The molecule has 3 nitrogen and oxygen atoms in total. The van der Waals surface area contributed by atoms with Crippen molar-refractivity contribution in [2.75, 3.05) is 0 Å². The molecule has 1 amide bonds. The Labute approximate surface area is 91.5 Å². The first-order chi connectivity index (χ1) is 7.04. The molecule has 1 N–H and O–H groups in total. The molecule has 0 spiro atoms. The van der Waals surface area contributed by atoms with Crippen LogP contribution in [0, 0.1) is 17.1 Å². The van der Waals surface area contributed by atoms with Gasteiger partial charge in [0.15, 0.2) is 0 Å². The van der Waals surface area contributed by atoms with Gasteiger partial charge in [-0.1, -0.05) is 11.6 Å². The summed E-state index contributed by atoms with van der Waals surface area (Å²) in [5, 5.41) is 10.8. The summed E-state index contributed by atoms with van der Waals surface area (Å²) in [6, 6.07) is 4.94. The summed E-state index contributed by atoms with van der Waals surface area (Å²) < 4.78 is 13.0. The zero-order chi connectivity index (χ0) is 11.4. The van der Waals surface area contributed by atoms with Gasteiger partial charge in [0.2, 0.25) is 0 Å². The van der Waals surface area contributed by atoms with Gasteiger partial charge >= 0.3 is 0 Å². The molecule has 0 aliphatic heterocycles. The van der Waals surface area contributed by atoms with Crippen LogP contribution in [0.1, 0.15) is 17.3 Å². The first-order valence-corrected chi connectivity index (χ1v) is 4.58. The molecule has 1 rings (SSSR count). The number of nitriles is 1. The summed E-state index contributed by atoms with van der Waals surface area (Å²) in [4.78, 5) is 11.4. The normalized spacial score (nSPS) is 11.6. The van der Waals surface area contributed by atoms with E-state index < -0.39 is 17.8 Å². The Morgan fingerprint density at radius 2 is 2.33 bits per heavy atom. The van der Waals surface area contributed by atoms with Gasteiger partial charge in [-0.25, -0.2) is 4.39 Å². The number of amides is 1. The molecule has 1 atom stereocenters. The SMILES string of the molecule is CC(C#N)NC(=O)c1ccc(Cl)c(F)c1. The third-order valence-electron chi connectivity index (χ3n) is 1.72. The van der Waals surface area contributed by atoms with Crippen LogP contribution in [0.4, 0.5) is 4.39 Å². The lowest BCUT2D eigenvalue weighted by Crippen LogP contribution is -2.31.